The Morgan fingerprint density at radius 3 is 2.74 bits per heavy atom. The average Bonchev–Trinajstić information content (AvgIpc) is 2.38. The minimum atomic E-state index is -0.485. The predicted molar refractivity (Wildman–Crippen MR) is 74.4 cm³/mol. The van der Waals surface area contributed by atoms with Crippen molar-refractivity contribution in [3.05, 3.63) is 58.4 Å². The van der Waals surface area contributed by atoms with Gasteiger partial charge in [-0.25, -0.2) is 4.39 Å². The lowest BCUT2D eigenvalue weighted by Crippen LogP contribution is -2.27. The standard InChI is InChI=1S/C16H18FNO/c1-11-6-5-7-12(2)14(11)10-18-16(19)13-8-3-4-9-15(13)17/h3-4,6,8-9H,5,7,10H2,1-2H3,(H,18,19). The highest BCUT2D eigenvalue weighted by atomic mass is 19.1. The fourth-order valence-electron chi connectivity index (χ4n) is 2.32. The molecular formula is C16H18FNO. The third-order valence-electron chi connectivity index (χ3n) is 3.51. The number of benzene rings is 1. The molecule has 0 saturated carbocycles. The Bertz CT molecular complexity index is 558. The van der Waals surface area contributed by atoms with E-state index < -0.39 is 5.82 Å². The van der Waals surface area contributed by atoms with Gasteiger partial charge in [0.1, 0.15) is 5.82 Å². The van der Waals surface area contributed by atoms with E-state index in [1.54, 1.807) is 12.1 Å². The molecule has 1 aromatic rings. The summed E-state index contributed by atoms with van der Waals surface area (Å²) in [5, 5.41) is 2.79. The Morgan fingerprint density at radius 2 is 2.05 bits per heavy atom. The van der Waals surface area contributed by atoms with Crippen LogP contribution >= 0.6 is 0 Å². The van der Waals surface area contributed by atoms with Crippen LogP contribution in [0.4, 0.5) is 4.39 Å². The summed E-state index contributed by atoms with van der Waals surface area (Å²) in [6, 6.07) is 6.03. The summed E-state index contributed by atoms with van der Waals surface area (Å²) in [7, 11) is 0. The maximum atomic E-state index is 13.5. The normalized spacial score (nSPS) is 15.2. The molecule has 0 fully saturated rings. The first-order chi connectivity index (χ1) is 9.09. The lowest BCUT2D eigenvalue weighted by atomic mass is 9.92. The molecule has 1 amide bonds. The van der Waals surface area contributed by atoms with Gasteiger partial charge in [-0.2, -0.15) is 0 Å². The van der Waals surface area contributed by atoms with Gasteiger partial charge in [-0.05, 0) is 44.4 Å². The Balaban J connectivity index is 2.06. The molecule has 0 radical (unpaired) electrons. The van der Waals surface area contributed by atoms with Crippen molar-refractivity contribution in [2.45, 2.75) is 26.7 Å². The second-order valence-electron chi connectivity index (χ2n) is 4.85. The number of carbonyl (C=O) groups is 1. The monoisotopic (exact) mass is 259 g/mol. The van der Waals surface area contributed by atoms with Gasteiger partial charge < -0.3 is 5.32 Å². The predicted octanol–water partition coefficient (Wildman–Crippen LogP) is 3.61. The molecule has 0 atom stereocenters. The Hall–Kier alpha value is -1.90. The van der Waals surface area contributed by atoms with Gasteiger partial charge in [-0.1, -0.05) is 29.4 Å². The zero-order chi connectivity index (χ0) is 13.8. The van der Waals surface area contributed by atoms with E-state index in [2.05, 4.69) is 18.3 Å². The van der Waals surface area contributed by atoms with Crippen molar-refractivity contribution in [2.75, 3.05) is 6.54 Å². The van der Waals surface area contributed by atoms with Gasteiger partial charge in [-0.15, -0.1) is 0 Å². The first-order valence-electron chi connectivity index (χ1n) is 6.48. The lowest BCUT2D eigenvalue weighted by Gasteiger charge is -2.18. The van der Waals surface area contributed by atoms with Crippen molar-refractivity contribution >= 4 is 5.91 Å². The van der Waals surface area contributed by atoms with E-state index in [-0.39, 0.29) is 11.5 Å². The van der Waals surface area contributed by atoms with E-state index in [1.165, 1.54) is 23.3 Å². The maximum Gasteiger partial charge on any atom is 0.254 e. The summed E-state index contributed by atoms with van der Waals surface area (Å²) in [6.45, 7) is 4.59. The fourth-order valence-corrected chi connectivity index (χ4v) is 2.32. The van der Waals surface area contributed by atoms with Gasteiger partial charge in [0.25, 0.3) is 5.91 Å². The topological polar surface area (TPSA) is 29.1 Å². The number of halogens is 1. The molecule has 0 heterocycles. The molecule has 0 bridgehead atoms. The molecule has 0 saturated heterocycles. The molecule has 0 spiro atoms. The highest BCUT2D eigenvalue weighted by molar-refractivity contribution is 5.94. The van der Waals surface area contributed by atoms with E-state index in [4.69, 9.17) is 0 Å². The lowest BCUT2D eigenvalue weighted by molar-refractivity contribution is 0.0953. The number of rotatable bonds is 3. The molecule has 1 aromatic carbocycles. The number of amides is 1. The summed E-state index contributed by atoms with van der Waals surface area (Å²) in [5.74, 6) is -0.849. The van der Waals surface area contributed by atoms with Gasteiger partial charge >= 0.3 is 0 Å². The summed E-state index contributed by atoms with van der Waals surface area (Å²) >= 11 is 0. The highest BCUT2D eigenvalue weighted by Crippen LogP contribution is 2.23. The molecule has 19 heavy (non-hydrogen) atoms. The third-order valence-corrected chi connectivity index (χ3v) is 3.51. The van der Waals surface area contributed by atoms with Crippen LogP contribution in [-0.2, 0) is 0 Å². The number of nitrogens with one attached hydrogen (secondary N) is 1. The van der Waals surface area contributed by atoms with Crippen LogP contribution in [0.25, 0.3) is 0 Å². The molecule has 100 valence electrons. The molecule has 2 nitrogen and oxygen atoms in total. The Morgan fingerprint density at radius 1 is 1.32 bits per heavy atom. The van der Waals surface area contributed by atoms with Crippen molar-refractivity contribution in [1.29, 1.82) is 0 Å². The molecular weight excluding hydrogens is 241 g/mol. The summed E-state index contributed by atoms with van der Waals surface area (Å²) in [4.78, 5) is 11.9. The van der Waals surface area contributed by atoms with Crippen LogP contribution in [0.15, 0.2) is 47.1 Å². The van der Waals surface area contributed by atoms with Gasteiger partial charge in [0.05, 0.1) is 5.56 Å². The van der Waals surface area contributed by atoms with Crippen molar-refractivity contribution < 1.29 is 9.18 Å². The number of hydrogen-bond donors (Lipinski definition) is 1. The molecule has 0 aliphatic heterocycles. The second-order valence-corrected chi connectivity index (χ2v) is 4.85. The Labute approximate surface area is 113 Å². The van der Waals surface area contributed by atoms with E-state index in [9.17, 15) is 9.18 Å². The number of allylic oxidation sites excluding steroid dienone is 2. The van der Waals surface area contributed by atoms with Gasteiger partial charge in [0.15, 0.2) is 0 Å². The fraction of sp³-hybridized carbons (Fsp3) is 0.312. The zero-order valence-electron chi connectivity index (χ0n) is 11.3. The van der Waals surface area contributed by atoms with E-state index in [0.717, 1.165) is 18.4 Å². The number of hydrogen-bond acceptors (Lipinski definition) is 1. The molecule has 1 N–H and O–H groups in total. The van der Waals surface area contributed by atoms with Gasteiger partial charge in [0.2, 0.25) is 0 Å². The van der Waals surface area contributed by atoms with Crippen LogP contribution in [0, 0.1) is 5.82 Å². The zero-order valence-corrected chi connectivity index (χ0v) is 11.3. The number of carbonyl (C=O) groups excluding carboxylic acids is 1. The maximum absolute atomic E-state index is 13.5. The van der Waals surface area contributed by atoms with Crippen LogP contribution in [0.5, 0.6) is 0 Å². The summed E-state index contributed by atoms with van der Waals surface area (Å²) in [6.07, 6.45) is 4.27. The molecule has 0 unspecified atom stereocenters. The van der Waals surface area contributed by atoms with Gasteiger partial charge in [0, 0.05) is 6.54 Å². The van der Waals surface area contributed by atoms with E-state index in [0.29, 0.717) is 6.54 Å². The molecule has 1 aliphatic carbocycles. The Kier molecular flexibility index (Phi) is 4.15. The SMILES string of the molecule is CC1=CCCC(C)=C1CNC(=O)c1ccccc1F. The molecule has 0 aromatic heterocycles. The molecule has 2 rings (SSSR count). The quantitative estimate of drug-likeness (QED) is 0.882. The first-order valence-corrected chi connectivity index (χ1v) is 6.48. The van der Waals surface area contributed by atoms with Crippen LogP contribution in [0.3, 0.4) is 0 Å². The van der Waals surface area contributed by atoms with Crippen LogP contribution < -0.4 is 5.32 Å². The smallest absolute Gasteiger partial charge is 0.254 e. The van der Waals surface area contributed by atoms with E-state index in [1.807, 2.05) is 6.92 Å². The largest absolute Gasteiger partial charge is 0.348 e. The van der Waals surface area contributed by atoms with Crippen molar-refractivity contribution in [2.24, 2.45) is 0 Å². The van der Waals surface area contributed by atoms with Crippen molar-refractivity contribution in [3.8, 4) is 0 Å². The summed E-state index contributed by atoms with van der Waals surface area (Å²) in [5.41, 5.74) is 3.76. The highest BCUT2D eigenvalue weighted by Gasteiger charge is 2.14. The molecule has 3 heteroatoms. The van der Waals surface area contributed by atoms with Crippen molar-refractivity contribution in [3.63, 3.8) is 0 Å². The van der Waals surface area contributed by atoms with Crippen molar-refractivity contribution in [1.82, 2.24) is 5.32 Å². The van der Waals surface area contributed by atoms with E-state index >= 15 is 0 Å². The van der Waals surface area contributed by atoms with Crippen LogP contribution in [0.1, 0.15) is 37.0 Å². The minimum absolute atomic E-state index is 0.0956. The molecule has 1 aliphatic rings. The second kappa shape index (κ2) is 5.83. The minimum Gasteiger partial charge on any atom is -0.348 e. The first kappa shape index (κ1) is 13.5. The van der Waals surface area contributed by atoms with Gasteiger partial charge in [-0.3, -0.25) is 4.79 Å². The summed E-state index contributed by atoms with van der Waals surface area (Å²) < 4.78 is 13.5. The average molecular weight is 259 g/mol. The van der Waals surface area contributed by atoms with Crippen LogP contribution in [-0.4, -0.2) is 12.5 Å². The van der Waals surface area contributed by atoms with Crippen LogP contribution in [0.2, 0.25) is 0 Å². The third kappa shape index (κ3) is 3.11.